The van der Waals surface area contributed by atoms with Crippen molar-refractivity contribution < 1.29 is 14.4 Å². The molecule has 1 atom stereocenters. The van der Waals surface area contributed by atoms with Gasteiger partial charge in [0, 0.05) is 32.1 Å². The summed E-state index contributed by atoms with van der Waals surface area (Å²) in [5.41, 5.74) is -0.722. The third-order valence-electron chi connectivity index (χ3n) is 7.13. The Morgan fingerprint density at radius 1 is 1.07 bits per heavy atom. The lowest BCUT2D eigenvalue weighted by atomic mass is 9.87. The average molecular weight is 377 g/mol. The number of nitrogens with one attached hydrogen (secondary N) is 1. The summed E-state index contributed by atoms with van der Waals surface area (Å²) in [5.74, 6) is 0.315. The van der Waals surface area contributed by atoms with Gasteiger partial charge in [-0.15, -0.1) is 0 Å². The third kappa shape index (κ3) is 3.35. The predicted molar refractivity (Wildman–Crippen MR) is 101 cm³/mol. The first-order valence-corrected chi connectivity index (χ1v) is 10.7. The summed E-state index contributed by atoms with van der Waals surface area (Å²) in [6.45, 7) is 6.04. The van der Waals surface area contributed by atoms with Gasteiger partial charge in [-0.2, -0.15) is 0 Å². The largest absolute Gasteiger partial charge is 0.340 e. The van der Waals surface area contributed by atoms with Crippen molar-refractivity contribution in [2.24, 2.45) is 5.92 Å². The molecule has 150 valence electrons. The number of nitrogens with zero attached hydrogens (tertiary/aromatic N) is 3. The predicted octanol–water partition coefficient (Wildman–Crippen LogP) is 1.57. The van der Waals surface area contributed by atoms with Gasteiger partial charge in [0.25, 0.3) is 5.91 Å². The second kappa shape index (κ2) is 7.41. The van der Waals surface area contributed by atoms with Gasteiger partial charge in [-0.1, -0.05) is 19.8 Å². The van der Waals surface area contributed by atoms with Gasteiger partial charge >= 0.3 is 6.03 Å². The Kier molecular flexibility index (Phi) is 5.14. The summed E-state index contributed by atoms with van der Waals surface area (Å²) in [6.07, 6.45) is 7.26. The molecule has 0 aromatic rings. The van der Waals surface area contributed by atoms with Crippen LogP contribution in [0.4, 0.5) is 4.79 Å². The molecular weight excluding hydrogens is 344 g/mol. The van der Waals surface area contributed by atoms with Crippen LogP contribution >= 0.6 is 0 Å². The van der Waals surface area contributed by atoms with Gasteiger partial charge in [-0.3, -0.25) is 14.5 Å². The fourth-order valence-corrected chi connectivity index (χ4v) is 5.36. The van der Waals surface area contributed by atoms with Gasteiger partial charge < -0.3 is 15.1 Å². The molecule has 3 heterocycles. The Balaban J connectivity index is 1.44. The monoisotopic (exact) mass is 376 g/mol. The van der Waals surface area contributed by atoms with E-state index < -0.39 is 5.54 Å². The highest BCUT2D eigenvalue weighted by atomic mass is 16.2. The number of rotatable bonds is 3. The molecule has 7 nitrogen and oxygen atoms in total. The fraction of sp³-hybridized carbons (Fsp3) is 0.850. The molecule has 3 aliphatic heterocycles. The highest BCUT2D eigenvalue weighted by molar-refractivity contribution is 6.07. The Morgan fingerprint density at radius 2 is 1.78 bits per heavy atom. The molecule has 0 radical (unpaired) electrons. The summed E-state index contributed by atoms with van der Waals surface area (Å²) in [4.78, 5) is 44.4. The first kappa shape index (κ1) is 18.7. The summed E-state index contributed by atoms with van der Waals surface area (Å²) in [6, 6.07) is -0.440. The molecular formula is C20H32N4O3. The van der Waals surface area contributed by atoms with Crippen LogP contribution in [0.2, 0.25) is 0 Å². The maximum absolute atomic E-state index is 13.2. The van der Waals surface area contributed by atoms with E-state index in [1.807, 2.05) is 4.90 Å². The van der Waals surface area contributed by atoms with Crippen LogP contribution in [0, 0.1) is 5.92 Å². The summed E-state index contributed by atoms with van der Waals surface area (Å²) in [7, 11) is 0. The molecule has 1 spiro atoms. The van der Waals surface area contributed by atoms with Crippen molar-refractivity contribution >= 4 is 17.8 Å². The van der Waals surface area contributed by atoms with Crippen LogP contribution in [0.3, 0.4) is 0 Å². The normalized spacial score (nSPS) is 29.6. The zero-order valence-electron chi connectivity index (χ0n) is 16.4. The number of likely N-dealkylation sites (tertiary alicyclic amines) is 2. The number of urea groups is 1. The maximum Gasteiger partial charge on any atom is 0.325 e. The van der Waals surface area contributed by atoms with E-state index in [4.69, 9.17) is 0 Å². The minimum Gasteiger partial charge on any atom is -0.340 e. The van der Waals surface area contributed by atoms with Crippen LogP contribution in [0.15, 0.2) is 0 Å². The van der Waals surface area contributed by atoms with Crippen molar-refractivity contribution in [1.29, 1.82) is 0 Å². The zero-order chi connectivity index (χ0) is 19.0. The first-order valence-electron chi connectivity index (χ1n) is 10.7. The van der Waals surface area contributed by atoms with E-state index in [9.17, 15) is 14.4 Å². The van der Waals surface area contributed by atoms with Gasteiger partial charge in [0.05, 0.1) is 6.04 Å². The van der Waals surface area contributed by atoms with E-state index in [0.29, 0.717) is 19.4 Å². The van der Waals surface area contributed by atoms with E-state index in [1.54, 1.807) is 0 Å². The maximum atomic E-state index is 13.2. The van der Waals surface area contributed by atoms with Gasteiger partial charge in [0.15, 0.2) is 0 Å². The van der Waals surface area contributed by atoms with Crippen LogP contribution in [0.25, 0.3) is 0 Å². The minimum atomic E-state index is -0.722. The van der Waals surface area contributed by atoms with E-state index >= 15 is 0 Å². The van der Waals surface area contributed by atoms with E-state index in [0.717, 1.165) is 64.7 Å². The van der Waals surface area contributed by atoms with Gasteiger partial charge in [-0.05, 0) is 45.1 Å². The Hall–Kier alpha value is -1.63. The second-order valence-electron chi connectivity index (χ2n) is 8.68. The number of carbonyl (C=O) groups excluding carboxylic acids is 3. The average Bonchev–Trinajstić information content (AvgIpc) is 3.30. The lowest BCUT2D eigenvalue weighted by molar-refractivity contribution is -0.141. The number of piperidine rings is 2. The lowest BCUT2D eigenvalue weighted by Crippen LogP contribution is -2.56. The standard InChI is InChI=1S/C20H32N4O3/c1-2-22-12-9-20(10-13-22)18(26)24(19(27)21-20)16-8-5-11-23(14-16)17(25)15-6-3-4-7-15/h15-16H,2-14H2,1H3,(H,21,27)/t16-/m1/s1. The fourth-order valence-electron chi connectivity index (χ4n) is 5.36. The topological polar surface area (TPSA) is 73.0 Å². The molecule has 1 N–H and O–H groups in total. The van der Waals surface area contributed by atoms with Crippen LogP contribution in [0.1, 0.15) is 58.3 Å². The summed E-state index contributed by atoms with van der Waals surface area (Å²) < 4.78 is 0. The first-order chi connectivity index (χ1) is 13.0. The molecule has 0 aromatic carbocycles. The van der Waals surface area contributed by atoms with Crippen LogP contribution in [-0.4, -0.2) is 76.8 Å². The highest BCUT2D eigenvalue weighted by Crippen LogP contribution is 2.33. The Bertz CT molecular complexity index is 608. The molecule has 1 aliphatic carbocycles. The van der Waals surface area contributed by atoms with Crippen molar-refractivity contribution in [1.82, 2.24) is 20.0 Å². The Morgan fingerprint density at radius 3 is 2.44 bits per heavy atom. The molecule has 27 heavy (non-hydrogen) atoms. The molecule has 0 aromatic heterocycles. The summed E-state index contributed by atoms with van der Waals surface area (Å²) in [5, 5.41) is 3.02. The van der Waals surface area contributed by atoms with Gasteiger partial charge in [-0.25, -0.2) is 4.79 Å². The van der Waals surface area contributed by atoms with Crippen LogP contribution in [0.5, 0.6) is 0 Å². The molecule has 7 heteroatoms. The van der Waals surface area contributed by atoms with Gasteiger partial charge in [0.2, 0.25) is 5.91 Å². The number of hydrogen-bond donors (Lipinski definition) is 1. The second-order valence-corrected chi connectivity index (χ2v) is 8.68. The smallest absolute Gasteiger partial charge is 0.325 e. The lowest BCUT2D eigenvalue weighted by Gasteiger charge is -2.39. The van der Waals surface area contributed by atoms with Crippen LogP contribution < -0.4 is 5.32 Å². The molecule has 4 rings (SSSR count). The molecule has 4 amide bonds. The molecule has 0 unspecified atom stereocenters. The van der Waals surface area contributed by atoms with E-state index in [2.05, 4.69) is 17.1 Å². The number of imide groups is 1. The van der Waals surface area contributed by atoms with Gasteiger partial charge in [0.1, 0.15) is 5.54 Å². The van der Waals surface area contributed by atoms with E-state index in [-0.39, 0.29) is 29.8 Å². The number of hydrogen-bond acceptors (Lipinski definition) is 4. The van der Waals surface area contributed by atoms with Crippen LogP contribution in [-0.2, 0) is 9.59 Å². The third-order valence-corrected chi connectivity index (χ3v) is 7.13. The molecule has 1 saturated carbocycles. The molecule has 4 aliphatic rings. The molecule has 4 fully saturated rings. The highest BCUT2D eigenvalue weighted by Gasteiger charge is 2.54. The van der Waals surface area contributed by atoms with Crippen molar-refractivity contribution in [2.45, 2.75) is 69.9 Å². The summed E-state index contributed by atoms with van der Waals surface area (Å²) >= 11 is 0. The van der Waals surface area contributed by atoms with Crippen molar-refractivity contribution in [3.05, 3.63) is 0 Å². The minimum absolute atomic E-state index is 0.0663. The molecule has 3 saturated heterocycles. The number of carbonyl (C=O) groups is 3. The quantitative estimate of drug-likeness (QED) is 0.759. The zero-order valence-corrected chi connectivity index (χ0v) is 16.4. The Labute approximate surface area is 161 Å². The van der Waals surface area contributed by atoms with Crippen molar-refractivity contribution in [3.63, 3.8) is 0 Å². The number of amides is 4. The van der Waals surface area contributed by atoms with E-state index in [1.165, 1.54) is 4.90 Å². The van der Waals surface area contributed by atoms with Crippen molar-refractivity contribution in [3.8, 4) is 0 Å². The van der Waals surface area contributed by atoms with Crippen molar-refractivity contribution in [2.75, 3.05) is 32.7 Å². The molecule has 0 bridgehead atoms. The SMILES string of the molecule is CCN1CCC2(CC1)NC(=O)N([C@@H]1CCCN(C(=O)C3CCCC3)C1)C2=O.